The molecule has 2 aromatic rings. The summed E-state index contributed by atoms with van der Waals surface area (Å²) in [6.45, 7) is 1.45. The Hall–Kier alpha value is -1.66. The molecule has 1 aromatic carbocycles. The van der Waals surface area contributed by atoms with Crippen molar-refractivity contribution in [1.29, 1.82) is 0 Å². The highest BCUT2D eigenvalue weighted by molar-refractivity contribution is 5.85. The third-order valence-corrected chi connectivity index (χ3v) is 3.28. The molecule has 1 aliphatic heterocycles. The van der Waals surface area contributed by atoms with Gasteiger partial charge < -0.3 is 15.2 Å². The van der Waals surface area contributed by atoms with Crippen molar-refractivity contribution >= 4 is 18.1 Å². The molecule has 0 bridgehead atoms. The molecule has 0 saturated heterocycles. The van der Waals surface area contributed by atoms with Gasteiger partial charge in [-0.05, 0) is 24.5 Å². The number of aryl methyl sites for hydroxylation is 1. The number of fused-ring (bicyclic) bond motifs is 1. The molecule has 0 atom stereocenters. The van der Waals surface area contributed by atoms with E-state index in [-0.39, 0.29) is 24.8 Å². The second-order valence-electron chi connectivity index (χ2n) is 4.58. The summed E-state index contributed by atoms with van der Waals surface area (Å²) in [6, 6.07) is 5.20. The molecule has 0 aliphatic carbocycles. The minimum Gasteiger partial charge on any atom is -0.361 e. The summed E-state index contributed by atoms with van der Waals surface area (Å²) in [6.07, 6.45) is 1.90. The molecule has 0 unspecified atom stereocenters. The zero-order chi connectivity index (χ0) is 13.2. The Morgan fingerprint density at radius 3 is 3.00 bits per heavy atom. The molecule has 5 nitrogen and oxygen atoms in total. The maximum Gasteiger partial charge on any atom is 0.240 e. The average Bonchev–Trinajstić information content (AvgIpc) is 2.87. The first-order valence-corrected chi connectivity index (χ1v) is 6.32. The molecule has 2 N–H and O–H groups in total. The van der Waals surface area contributed by atoms with Gasteiger partial charge in [-0.2, -0.15) is 4.98 Å². The first-order valence-electron chi connectivity index (χ1n) is 6.32. The predicted molar refractivity (Wildman–Crippen MR) is 75.2 cm³/mol. The number of hydrogen-bond donors (Lipinski definition) is 1. The zero-order valence-electron chi connectivity index (χ0n) is 10.9. The lowest BCUT2D eigenvalue weighted by atomic mass is 10.0. The van der Waals surface area contributed by atoms with Crippen LogP contribution in [0.25, 0.3) is 0 Å². The molecule has 0 radical (unpaired) electrons. The normalized spacial score (nSPS) is 13.8. The van der Waals surface area contributed by atoms with Crippen LogP contribution in [0, 0.1) is 5.82 Å². The van der Waals surface area contributed by atoms with E-state index in [1.807, 2.05) is 11.0 Å². The highest BCUT2D eigenvalue weighted by Crippen LogP contribution is 2.30. The molecule has 1 aromatic heterocycles. The Kier molecular flexibility index (Phi) is 4.57. The second kappa shape index (κ2) is 6.19. The molecular formula is C13H16ClFN4O. The van der Waals surface area contributed by atoms with Crippen molar-refractivity contribution in [2.24, 2.45) is 5.73 Å². The van der Waals surface area contributed by atoms with Gasteiger partial charge in [-0.25, -0.2) is 4.39 Å². The van der Waals surface area contributed by atoms with E-state index in [1.54, 1.807) is 6.07 Å². The fourth-order valence-corrected chi connectivity index (χ4v) is 2.45. The van der Waals surface area contributed by atoms with Crippen molar-refractivity contribution in [2.75, 3.05) is 11.4 Å². The van der Waals surface area contributed by atoms with Crippen LogP contribution < -0.4 is 10.6 Å². The molecule has 2 heterocycles. The third-order valence-electron chi connectivity index (χ3n) is 3.28. The fraction of sp³-hybridized carbons (Fsp3) is 0.385. The Balaban J connectivity index is 0.00000147. The van der Waals surface area contributed by atoms with Crippen molar-refractivity contribution in [3.63, 3.8) is 0 Å². The van der Waals surface area contributed by atoms with E-state index in [9.17, 15) is 4.39 Å². The summed E-state index contributed by atoms with van der Waals surface area (Å²) in [4.78, 5) is 6.12. The monoisotopic (exact) mass is 298 g/mol. The van der Waals surface area contributed by atoms with Crippen LogP contribution in [0.15, 0.2) is 22.7 Å². The lowest BCUT2D eigenvalue weighted by Gasteiger charge is -2.30. The van der Waals surface area contributed by atoms with E-state index in [0.717, 1.165) is 24.9 Å². The van der Waals surface area contributed by atoms with E-state index in [1.165, 1.54) is 6.07 Å². The molecule has 7 heteroatoms. The van der Waals surface area contributed by atoms with Gasteiger partial charge in [-0.15, -0.1) is 12.4 Å². The summed E-state index contributed by atoms with van der Waals surface area (Å²) in [5.41, 5.74) is 7.12. The van der Waals surface area contributed by atoms with Crippen molar-refractivity contribution in [3.8, 4) is 0 Å². The summed E-state index contributed by atoms with van der Waals surface area (Å²) < 4.78 is 18.9. The van der Waals surface area contributed by atoms with Gasteiger partial charge in [-0.1, -0.05) is 17.3 Å². The summed E-state index contributed by atoms with van der Waals surface area (Å²) >= 11 is 0. The molecule has 0 fully saturated rings. The van der Waals surface area contributed by atoms with Gasteiger partial charge in [0.25, 0.3) is 0 Å². The first-order chi connectivity index (χ1) is 9.28. The molecule has 1 aliphatic rings. The number of benzene rings is 1. The largest absolute Gasteiger partial charge is 0.361 e. The quantitative estimate of drug-likeness (QED) is 0.939. The SMILES string of the molecule is Cl.NCc1nc(CN2CCCc3cccc(F)c32)no1. The number of para-hydroxylation sites is 1. The molecule has 108 valence electrons. The Morgan fingerprint density at radius 2 is 2.25 bits per heavy atom. The van der Waals surface area contributed by atoms with Gasteiger partial charge in [0.1, 0.15) is 5.82 Å². The van der Waals surface area contributed by atoms with Crippen molar-refractivity contribution < 1.29 is 8.91 Å². The number of anilines is 1. The Labute approximate surface area is 122 Å². The van der Waals surface area contributed by atoms with Crippen LogP contribution in [0.4, 0.5) is 10.1 Å². The van der Waals surface area contributed by atoms with Crippen LogP contribution in [0.3, 0.4) is 0 Å². The third kappa shape index (κ3) is 2.76. The first kappa shape index (κ1) is 14.7. The number of halogens is 2. The van der Waals surface area contributed by atoms with Crippen LogP contribution in [0.1, 0.15) is 23.7 Å². The number of rotatable bonds is 3. The summed E-state index contributed by atoms with van der Waals surface area (Å²) in [5.74, 6) is 0.747. The van der Waals surface area contributed by atoms with Gasteiger partial charge in [0.05, 0.1) is 18.8 Å². The molecule has 0 spiro atoms. The van der Waals surface area contributed by atoms with Crippen LogP contribution in [-0.2, 0) is 19.5 Å². The van der Waals surface area contributed by atoms with Gasteiger partial charge >= 0.3 is 0 Å². The van der Waals surface area contributed by atoms with Gasteiger partial charge in [-0.3, -0.25) is 0 Å². The fourth-order valence-electron chi connectivity index (χ4n) is 2.45. The second-order valence-corrected chi connectivity index (χ2v) is 4.58. The molecular weight excluding hydrogens is 283 g/mol. The molecule has 20 heavy (non-hydrogen) atoms. The van der Waals surface area contributed by atoms with E-state index in [2.05, 4.69) is 10.1 Å². The maximum absolute atomic E-state index is 14.0. The molecule has 0 saturated carbocycles. The number of aromatic nitrogens is 2. The Bertz CT molecular complexity index is 590. The number of nitrogens with zero attached hydrogens (tertiary/aromatic N) is 3. The number of nitrogens with two attached hydrogens (primary N) is 1. The standard InChI is InChI=1S/C13H15FN4O.ClH/c14-10-5-1-3-9-4-2-6-18(13(9)10)8-11-16-12(7-15)19-17-11;/h1,3,5H,2,4,6-8,15H2;1H. The molecule has 3 rings (SSSR count). The van der Waals surface area contributed by atoms with Crippen LogP contribution >= 0.6 is 12.4 Å². The van der Waals surface area contributed by atoms with Crippen LogP contribution in [0.5, 0.6) is 0 Å². The zero-order valence-corrected chi connectivity index (χ0v) is 11.7. The van der Waals surface area contributed by atoms with Gasteiger partial charge in [0, 0.05) is 6.54 Å². The summed E-state index contributed by atoms with van der Waals surface area (Å²) in [5, 5.41) is 3.85. The Morgan fingerprint density at radius 1 is 1.40 bits per heavy atom. The van der Waals surface area contributed by atoms with E-state index < -0.39 is 0 Å². The van der Waals surface area contributed by atoms with Crippen LogP contribution in [-0.4, -0.2) is 16.7 Å². The highest BCUT2D eigenvalue weighted by Gasteiger charge is 2.22. The minimum atomic E-state index is -0.195. The van der Waals surface area contributed by atoms with Crippen LogP contribution in [0.2, 0.25) is 0 Å². The topological polar surface area (TPSA) is 68.2 Å². The van der Waals surface area contributed by atoms with Gasteiger partial charge in [0.2, 0.25) is 5.89 Å². The van der Waals surface area contributed by atoms with Gasteiger partial charge in [0.15, 0.2) is 5.82 Å². The average molecular weight is 299 g/mol. The van der Waals surface area contributed by atoms with E-state index in [0.29, 0.717) is 23.9 Å². The van der Waals surface area contributed by atoms with E-state index in [4.69, 9.17) is 10.3 Å². The number of hydrogen-bond acceptors (Lipinski definition) is 5. The van der Waals surface area contributed by atoms with Crippen molar-refractivity contribution in [3.05, 3.63) is 41.3 Å². The smallest absolute Gasteiger partial charge is 0.240 e. The molecule has 0 amide bonds. The minimum absolute atomic E-state index is 0. The van der Waals surface area contributed by atoms with Crippen molar-refractivity contribution in [1.82, 2.24) is 10.1 Å². The van der Waals surface area contributed by atoms with Crippen molar-refractivity contribution in [2.45, 2.75) is 25.9 Å². The lowest BCUT2D eigenvalue weighted by Crippen LogP contribution is -2.30. The predicted octanol–water partition coefficient (Wildman–Crippen LogP) is 2.04. The highest BCUT2D eigenvalue weighted by atomic mass is 35.5. The maximum atomic E-state index is 14.0. The summed E-state index contributed by atoms with van der Waals surface area (Å²) in [7, 11) is 0. The van der Waals surface area contributed by atoms with E-state index >= 15 is 0 Å². The lowest BCUT2D eigenvalue weighted by molar-refractivity contribution is 0.374.